The van der Waals surface area contributed by atoms with E-state index >= 15 is 0 Å². The van der Waals surface area contributed by atoms with Crippen molar-refractivity contribution >= 4 is 61.4 Å². The van der Waals surface area contributed by atoms with Gasteiger partial charge in [0.1, 0.15) is 0 Å². The maximum absolute atomic E-state index is 12.5. The molecule has 30 heavy (non-hydrogen) atoms. The minimum absolute atomic E-state index is 0.0554. The largest absolute Gasteiger partial charge is 0.325 e. The Bertz CT molecular complexity index is 1140. The average molecular weight is 478 g/mol. The molecule has 6 heteroatoms. The van der Waals surface area contributed by atoms with Crippen LogP contribution in [0.2, 0.25) is 0 Å². The van der Waals surface area contributed by atoms with Crippen LogP contribution in [-0.2, 0) is 4.79 Å². The summed E-state index contributed by atoms with van der Waals surface area (Å²) in [6.45, 7) is 2.00. The molecular formula is C24H20BrN3OS. The van der Waals surface area contributed by atoms with Crippen LogP contribution >= 0.6 is 27.7 Å². The molecule has 1 N–H and O–H groups in total. The molecule has 0 bridgehead atoms. The zero-order valence-corrected chi connectivity index (χ0v) is 18.8. The predicted molar refractivity (Wildman–Crippen MR) is 131 cm³/mol. The third-order valence-electron chi connectivity index (χ3n) is 4.62. The summed E-state index contributed by atoms with van der Waals surface area (Å²) < 4.78 is 1.02. The van der Waals surface area contributed by atoms with E-state index in [1.165, 1.54) is 11.8 Å². The lowest BCUT2D eigenvalue weighted by Gasteiger charge is -2.09. The van der Waals surface area contributed by atoms with Gasteiger partial charge in [0, 0.05) is 16.6 Å². The van der Waals surface area contributed by atoms with Crippen LogP contribution in [-0.4, -0.2) is 22.4 Å². The molecule has 0 spiro atoms. The van der Waals surface area contributed by atoms with Crippen LogP contribution in [0, 0.1) is 6.92 Å². The minimum atomic E-state index is -0.0554. The fourth-order valence-corrected chi connectivity index (χ4v) is 4.12. The molecule has 1 amide bonds. The fraction of sp³-hybridized carbons (Fsp3) is 0.125. The number of hydrogen-bond acceptors (Lipinski definition) is 4. The molecule has 1 aliphatic rings. The molecule has 0 fully saturated rings. The highest BCUT2D eigenvalue weighted by Crippen LogP contribution is 2.33. The van der Waals surface area contributed by atoms with Crippen molar-refractivity contribution in [3.63, 3.8) is 0 Å². The topological polar surface area (TPSA) is 53.8 Å². The highest BCUT2D eigenvalue weighted by molar-refractivity contribution is 9.10. The number of carbonyl (C=O) groups is 1. The number of nitrogens with zero attached hydrogens (tertiary/aromatic N) is 2. The first-order valence-corrected chi connectivity index (χ1v) is 11.3. The van der Waals surface area contributed by atoms with Gasteiger partial charge in [0.25, 0.3) is 0 Å². The second-order valence-electron chi connectivity index (χ2n) is 6.90. The summed E-state index contributed by atoms with van der Waals surface area (Å²) >= 11 is 4.94. The fourth-order valence-electron chi connectivity index (χ4n) is 3.10. The number of carbonyl (C=O) groups excluding carboxylic acids is 1. The van der Waals surface area contributed by atoms with Crippen molar-refractivity contribution in [3.8, 4) is 0 Å². The predicted octanol–water partition coefficient (Wildman–Crippen LogP) is 6.68. The summed E-state index contributed by atoms with van der Waals surface area (Å²) in [4.78, 5) is 22.2. The molecule has 1 heterocycles. The molecule has 0 saturated heterocycles. The van der Waals surface area contributed by atoms with Crippen LogP contribution in [0.4, 0.5) is 17.1 Å². The van der Waals surface area contributed by atoms with Crippen molar-refractivity contribution in [2.45, 2.75) is 13.3 Å². The zero-order chi connectivity index (χ0) is 20.9. The third-order valence-corrected chi connectivity index (χ3v) is 6.48. The van der Waals surface area contributed by atoms with Crippen LogP contribution < -0.4 is 5.32 Å². The Balaban J connectivity index is 1.50. The van der Waals surface area contributed by atoms with E-state index in [-0.39, 0.29) is 11.7 Å². The third kappa shape index (κ3) is 5.07. The summed E-state index contributed by atoms with van der Waals surface area (Å²) in [5.41, 5.74) is 5.57. The molecule has 3 aromatic rings. The highest BCUT2D eigenvalue weighted by Gasteiger charge is 2.16. The van der Waals surface area contributed by atoms with Gasteiger partial charge >= 0.3 is 0 Å². The van der Waals surface area contributed by atoms with Gasteiger partial charge in [-0.15, -0.1) is 11.8 Å². The smallest absolute Gasteiger partial charge is 0.234 e. The summed E-state index contributed by atoms with van der Waals surface area (Å²) in [5.74, 6) is 0.234. The Hall–Kier alpha value is -2.70. The van der Waals surface area contributed by atoms with Crippen LogP contribution in [0.15, 0.2) is 87.3 Å². The summed E-state index contributed by atoms with van der Waals surface area (Å²) in [6, 6.07) is 23.7. The van der Waals surface area contributed by atoms with Crippen molar-refractivity contribution in [2.24, 2.45) is 9.98 Å². The number of halogens is 1. The van der Waals surface area contributed by atoms with Gasteiger partial charge in [0.15, 0.2) is 0 Å². The van der Waals surface area contributed by atoms with E-state index in [9.17, 15) is 4.79 Å². The van der Waals surface area contributed by atoms with Crippen LogP contribution in [0.1, 0.15) is 17.5 Å². The molecule has 4 rings (SSSR count). The first kappa shape index (κ1) is 20.6. The SMILES string of the molecule is Cc1cc(NC(=O)CSC2=Nc3ccccc3N=C(c3ccccc3)C2)ccc1Br. The van der Waals surface area contributed by atoms with E-state index in [0.29, 0.717) is 6.42 Å². The highest BCUT2D eigenvalue weighted by atomic mass is 79.9. The van der Waals surface area contributed by atoms with Gasteiger partial charge < -0.3 is 5.32 Å². The van der Waals surface area contributed by atoms with Gasteiger partial charge in [-0.1, -0.05) is 58.4 Å². The van der Waals surface area contributed by atoms with Crippen molar-refractivity contribution in [2.75, 3.05) is 11.1 Å². The molecule has 0 aliphatic carbocycles. The molecule has 0 radical (unpaired) electrons. The summed E-state index contributed by atoms with van der Waals surface area (Å²) in [7, 11) is 0. The van der Waals surface area contributed by atoms with Crippen LogP contribution in [0.25, 0.3) is 0 Å². The van der Waals surface area contributed by atoms with E-state index in [1.807, 2.05) is 67.6 Å². The van der Waals surface area contributed by atoms with Gasteiger partial charge in [-0.3, -0.25) is 9.79 Å². The number of aryl methyl sites for hydroxylation is 1. The molecule has 1 aliphatic heterocycles. The molecule has 150 valence electrons. The molecular weight excluding hydrogens is 458 g/mol. The second kappa shape index (κ2) is 9.41. The van der Waals surface area contributed by atoms with E-state index in [2.05, 4.69) is 33.4 Å². The first-order chi connectivity index (χ1) is 14.6. The Labute approximate surface area is 188 Å². The van der Waals surface area contributed by atoms with E-state index in [1.54, 1.807) is 0 Å². The second-order valence-corrected chi connectivity index (χ2v) is 8.80. The lowest BCUT2D eigenvalue weighted by atomic mass is 10.1. The molecule has 4 nitrogen and oxygen atoms in total. The average Bonchev–Trinajstić information content (AvgIpc) is 2.95. The number of para-hydroxylation sites is 2. The Kier molecular flexibility index (Phi) is 6.45. The molecule has 0 saturated carbocycles. The van der Waals surface area contributed by atoms with Gasteiger partial charge in [0.2, 0.25) is 5.91 Å². The van der Waals surface area contributed by atoms with Gasteiger partial charge in [-0.25, -0.2) is 4.99 Å². The maximum Gasteiger partial charge on any atom is 0.234 e. The zero-order valence-electron chi connectivity index (χ0n) is 16.4. The van der Waals surface area contributed by atoms with Crippen molar-refractivity contribution < 1.29 is 4.79 Å². The van der Waals surface area contributed by atoms with Crippen molar-refractivity contribution in [3.05, 3.63) is 88.4 Å². The van der Waals surface area contributed by atoms with E-state index in [0.717, 1.165) is 43.4 Å². The Morgan fingerprint density at radius 1 is 1.00 bits per heavy atom. The number of fused-ring (bicyclic) bond motifs is 1. The number of benzene rings is 3. The quantitative estimate of drug-likeness (QED) is 0.455. The molecule has 3 aromatic carbocycles. The van der Waals surface area contributed by atoms with Gasteiger partial charge in [0.05, 0.1) is 27.9 Å². The number of nitrogens with one attached hydrogen (secondary N) is 1. The minimum Gasteiger partial charge on any atom is -0.325 e. The monoisotopic (exact) mass is 477 g/mol. The number of thioether (sulfide) groups is 1. The molecule has 0 unspecified atom stereocenters. The standard InChI is InChI=1S/C24H20BrN3OS/c1-16-13-18(11-12-19(16)25)26-23(29)15-30-24-14-22(17-7-3-2-4-8-17)27-20-9-5-6-10-21(20)28-24/h2-13H,14-15H2,1H3,(H,26,29). The van der Waals surface area contributed by atoms with Crippen LogP contribution in [0.5, 0.6) is 0 Å². The van der Waals surface area contributed by atoms with E-state index in [4.69, 9.17) is 9.98 Å². The number of aliphatic imine (C=N–C) groups is 2. The van der Waals surface area contributed by atoms with Crippen molar-refractivity contribution in [1.29, 1.82) is 0 Å². The van der Waals surface area contributed by atoms with Crippen molar-refractivity contribution in [1.82, 2.24) is 0 Å². The lowest BCUT2D eigenvalue weighted by Crippen LogP contribution is -2.16. The number of rotatable bonds is 4. The molecule has 0 aromatic heterocycles. The number of amides is 1. The molecule has 0 atom stereocenters. The number of anilines is 1. The first-order valence-electron chi connectivity index (χ1n) is 9.57. The van der Waals surface area contributed by atoms with Gasteiger partial charge in [-0.2, -0.15) is 0 Å². The summed E-state index contributed by atoms with van der Waals surface area (Å²) in [6.07, 6.45) is 0.591. The summed E-state index contributed by atoms with van der Waals surface area (Å²) in [5, 5.41) is 3.84. The lowest BCUT2D eigenvalue weighted by molar-refractivity contribution is -0.113. The normalized spacial score (nSPS) is 13.0. The Morgan fingerprint density at radius 2 is 1.70 bits per heavy atom. The number of hydrogen-bond donors (Lipinski definition) is 1. The van der Waals surface area contributed by atoms with E-state index < -0.39 is 0 Å². The Morgan fingerprint density at radius 3 is 2.43 bits per heavy atom. The van der Waals surface area contributed by atoms with Gasteiger partial charge in [-0.05, 0) is 48.4 Å². The van der Waals surface area contributed by atoms with Crippen LogP contribution in [0.3, 0.4) is 0 Å². The maximum atomic E-state index is 12.5.